The highest BCUT2D eigenvalue weighted by Crippen LogP contribution is 2.30. The predicted molar refractivity (Wildman–Crippen MR) is 62.4 cm³/mol. The Kier molecular flexibility index (Phi) is 3.02. The van der Waals surface area contributed by atoms with Crippen molar-refractivity contribution in [3.63, 3.8) is 0 Å². The second kappa shape index (κ2) is 4.36. The Morgan fingerprint density at radius 1 is 1.22 bits per heavy atom. The molecule has 0 saturated carbocycles. The third-order valence-electron chi connectivity index (χ3n) is 2.62. The number of alkyl halides is 3. The summed E-state index contributed by atoms with van der Waals surface area (Å²) in [5.41, 5.74) is 6.17. The molecule has 0 aliphatic rings. The molecule has 0 unspecified atom stereocenters. The van der Waals surface area contributed by atoms with Crippen LogP contribution in [0.5, 0.6) is 0 Å². The highest BCUT2D eigenvalue weighted by atomic mass is 19.4. The summed E-state index contributed by atoms with van der Waals surface area (Å²) in [7, 11) is 0. The quantitative estimate of drug-likeness (QED) is 0.896. The lowest BCUT2D eigenvalue weighted by Gasteiger charge is -2.05. The Morgan fingerprint density at radius 3 is 2.28 bits per heavy atom. The lowest BCUT2D eigenvalue weighted by atomic mass is 10.1. The fourth-order valence-corrected chi connectivity index (χ4v) is 1.61. The van der Waals surface area contributed by atoms with Crippen LogP contribution in [0.2, 0.25) is 0 Å². The van der Waals surface area contributed by atoms with E-state index in [0.717, 1.165) is 22.7 Å². The molecule has 0 aliphatic carbocycles. The van der Waals surface area contributed by atoms with Gasteiger partial charge >= 0.3 is 6.18 Å². The fourth-order valence-electron chi connectivity index (χ4n) is 1.61. The topological polar surface area (TPSA) is 43.8 Å². The molecule has 1 aromatic heterocycles. The van der Waals surface area contributed by atoms with E-state index in [1.165, 1.54) is 0 Å². The van der Waals surface area contributed by atoms with Gasteiger partial charge in [-0.1, -0.05) is 19.1 Å². The zero-order chi connectivity index (χ0) is 13.3. The van der Waals surface area contributed by atoms with E-state index in [9.17, 15) is 13.2 Å². The summed E-state index contributed by atoms with van der Waals surface area (Å²) in [5, 5.41) is 3.47. The summed E-state index contributed by atoms with van der Waals surface area (Å²) in [6.07, 6.45) is -3.62. The molecule has 0 aliphatic heterocycles. The number of anilines is 1. The molecule has 0 spiro atoms. The third kappa shape index (κ3) is 2.32. The summed E-state index contributed by atoms with van der Waals surface area (Å²) in [6.45, 7) is 2.00. The van der Waals surface area contributed by atoms with Crippen molar-refractivity contribution < 1.29 is 13.2 Å². The molecule has 0 bridgehead atoms. The zero-order valence-corrected chi connectivity index (χ0v) is 9.70. The highest BCUT2D eigenvalue weighted by molar-refractivity contribution is 5.44. The Labute approximate surface area is 102 Å². The number of nitrogen functional groups attached to an aromatic ring is 1. The molecule has 2 aromatic rings. The van der Waals surface area contributed by atoms with Crippen LogP contribution in [0.25, 0.3) is 5.69 Å². The van der Waals surface area contributed by atoms with Gasteiger partial charge in [0.05, 0.1) is 5.69 Å². The summed E-state index contributed by atoms with van der Waals surface area (Å²) in [4.78, 5) is 0. The van der Waals surface area contributed by atoms with Crippen molar-refractivity contribution >= 4 is 5.82 Å². The van der Waals surface area contributed by atoms with Crippen LogP contribution in [0.15, 0.2) is 30.3 Å². The van der Waals surface area contributed by atoms with Gasteiger partial charge in [-0.15, -0.1) is 0 Å². The van der Waals surface area contributed by atoms with Crippen LogP contribution in [-0.2, 0) is 12.6 Å². The third-order valence-corrected chi connectivity index (χ3v) is 2.62. The molecule has 0 saturated heterocycles. The standard InChI is InChI=1S/C12H12F3N3/c1-2-8-3-5-9(6-4-8)18-11(16)7-10(17-18)12(13,14)15/h3-7H,2,16H2,1H3. The van der Waals surface area contributed by atoms with Gasteiger partial charge in [0.15, 0.2) is 5.69 Å². The van der Waals surface area contributed by atoms with Gasteiger partial charge in [-0.25, -0.2) is 4.68 Å². The van der Waals surface area contributed by atoms with E-state index < -0.39 is 11.9 Å². The number of halogens is 3. The van der Waals surface area contributed by atoms with Crippen molar-refractivity contribution in [3.05, 3.63) is 41.6 Å². The van der Waals surface area contributed by atoms with Crippen LogP contribution in [0.4, 0.5) is 19.0 Å². The molecular formula is C12H12F3N3. The predicted octanol–water partition coefficient (Wildman–Crippen LogP) is 3.04. The summed E-state index contributed by atoms with van der Waals surface area (Å²) >= 11 is 0. The van der Waals surface area contributed by atoms with Gasteiger partial charge in [-0.2, -0.15) is 18.3 Å². The number of hydrogen-bond donors (Lipinski definition) is 1. The van der Waals surface area contributed by atoms with Crippen molar-refractivity contribution in [1.82, 2.24) is 9.78 Å². The van der Waals surface area contributed by atoms with E-state index in [1.807, 2.05) is 19.1 Å². The first-order valence-electron chi connectivity index (χ1n) is 5.44. The van der Waals surface area contributed by atoms with Crippen molar-refractivity contribution in [2.45, 2.75) is 19.5 Å². The molecule has 96 valence electrons. The molecule has 1 aromatic carbocycles. The number of rotatable bonds is 2. The van der Waals surface area contributed by atoms with Crippen molar-refractivity contribution in [2.75, 3.05) is 5.73 Å². The molecule has 0 fully saturated rings. The van der Waals surface area contributed by atoms with E-state index in [2.05, 4.69) is 5.10 Å². The van der Waals surface area contributed by atoms with Crippen molar-refractivity contribution in [1.29, 1.82) is 0 Å². The SMILES string of the molecule is CCc1ccc(-n2nc(C(F)(F)F)cc2N)cc1. The Morgan fingerprint density at radius 2 is 1.83 bits per heavy atom. The van der Waals surface area contributed by atoms with Gasteiger partial charge in [0, 0.05) is 6.07 Å². The molecule has 6 heteroatoms. The first-order chi connectivity index (χ1) is 8.41. The van der Waals surface area contributed by atoms with Crippen LogP contribution in [-0.4, -0.2) is 9.78 Å². The lowest BCUT2D eigenvalue weighted by Crippen LogP contribution is -2.07. The van der Waals surface area contributed by atoms with E-state index in [-0.39, 0.29) is 5.82 Å². The van der Waals surface area contributed by atoms with E-state index in [4.69, 9.17) is 5.73 Å². The second-order valence-electron chi connectivity index (χ2n) is 3.88. The first kappa shape index (κ1) is 12.5. The molecule has 0 radical (unpaired) electrons. The average molecular weight is 255 g/mol. The molecule has 2 rings (SSSR count). The molecule has 1 heterocycles. The maximum Gasteiger partial charge on any atom is 0.435 e. The van der Waals surface area contributed by atoms with Gasteiger partial charge in [0.25, 0.3) is 0 Å². The smallest absolute Gasteiger partial charge is 0.384 e. The summed E-state index contributed by atoms with van der Waals surface area (Å²) < 4.78 is 38.5. The van der Waals surface area contributed by atoms with Gasteiger partial charge in [-0.05, 0) is 24.1 Å². The van der Waals surface area contributed by atoms with Crippen LogP contribution < -0.4 is 5.73 Å². The highest BCUT2D eigenvalue weighted by Gasteiger charge is 2.34. The first-order valence-corrected chi connectivity index (χ1v) is 5.44. The minimum Gasteiger partial charge on any atom is -0.384 e. The minimum atomic E-state index is -4.48. The minimum absolute atomic E-state index is 0.0356. The number of aryl methyl sites for hydroxylation is 1. The largest absolute Gasteiger partial charge is 0.435 e. The molecule has 0 amide bonds. The monoisotopic (exact) mass is 255 g/mol. The maximum atomic E-state index is 12.5. The second-order valence-corrected chi connectivity index (χ2v) is 3.88. The Bertz CT molecular complexity index is 541. The molecule has 2 N–H and O–H groups in total. The van der Waals surface area contributed by atoms with Crippen molar-refractivity contribution in [2.24, 2.45) is 0 Å². The number of aromatic nitrogens is 2. The van der Waals surface area contributed by atoms with E-state index in [0.29, 0.717) is 5.69 Å². The normalized spacial score (nSPS) is 11.8. The van der Waals surface area contributed by atoms with Crippen LogP contribution in [0.3, 0.4) is 0 Å². The van der Waals surface area contributed by atoms with Gasteiger partial charge in [0.1, 0.15) is 5.82 Å². The van der Waals surface area contributed by atoms with E-state index in [1.54, 1.807) is 12.1 Å². The Balaban J connectivity index is 2.41. The number of hydrogen-bond acceptors (Lipinski definition) is 2. The molecule has 0 atom stereocenters. The molecular weight excluding hydrogens is 243 g/mol. The fraction of sp³-hybridized carbons (Fsp3) is 0.250. The average Bonchev–Trinajstić information content (AvgIpc) is 2.71. The molecule has 18 heavy (non-hydrogen) atoms. The van der Waals surface area contributed by atoms with Gasteiger partial charge < -0.3 is 5.73 Å². The van der Waals surface area contributed by atoms with Crippen LogP contribution >= 0.6 is 0 Å². The number of nitrogens with two attached hydrogens (primary N) is 1. The summed E-state index contributed by atoms with van der Waals surface area (Å²) in [5.74, 6) is -0.0356. The van der Waals surface area contributed by atoms with E-state index >= 15 is 0 Å². The zero-order valence-electron chi connectivity index (χ0n) is 9.70. The maximum absolute atomic E-state index is 12.5. The molecule has 3 nitrogen and oxygen atoms in total. The lowest BCUT2D eigenvalue weighted by molar-refractivity contribution is -0.141. The van der Waals surface area contributed by atoms with Gasteiger partial charge in [0.2, 0.25) is 0 Å². The van der Waals surface area contributed by atoms with Gasteiger partial charge in [-0.3, -0.25) is 0 Å². The van der Waals surface area contributed by atoms with Crippen LogP contribution in [0.1, 0.15) is 18.2 Å². The number of nitrogens with zero attached hydrogens (tertiary/aromatic N) is 2. The van der Waals surface area contributed by atoms with Crippen molar-refractivity contribution in [3.8, 4) is 5.69 Å². The van der Waals surface area contributed by atoms with Crippen LogP contribution in [0, 0.1) is 0 Å². The summed E-state index contributed by atoms with van der Waals surface area (Å²) in [6, 6.07) is 7.89. The number of benzene rings is 1. The Hall–Kier alpha value is -1.98.